The van der Waals surface area contributed by atoms with E-state index in [1.54, 1.807) is 29.7 Å². The van der Waals surface area contributed by atoms with Gasteiger partial charge >= 0.3 is 0 Å². The highest BCUT2D eigenvalue weighted by Crippen LogP contribution is 2.28. The number of benzene rings is 2. The van der Waals surface area contributed by atoms with Crippen molar-refractivity contribution < 1.29 is 9.53 Å². The van der Waals surface area contributed by atoms with Crippen molar-refractivity contribution in [2.45, 2.75) is 6.92 Å². The monoisotopic (exact) mass is 435 g/mol. The van der Waals surface area contributed by atoms with E-state index in [9.17, 15) is 9.59 Å². The Balaban J connectivity index is 1.69. The summed E-state index contributed by atoms with van der Waals surface area (Å²) in [7, 11) is 3.40. The predicted molar refractivity (Wildman–Crippen MR) is 124 cm³/mol. The third kappa shape index (κ3) is 3.91. The number of methoxy groups -OCH3 is 1. The molecule has 2 heterocycles. The normalized spacial score (nSPS) is 15.4. The molecule has 0 radical (unpaired) electrons. The molecular formula is C22H21N5O3S. The first-order valence-electron chi connectivity index (χ1n) is 9.56. The molecule has 9 heteroatoms. The Kier molecular flexibility index (Phi) is 5.77. The van der Waals surface area contributed by atoms with Crippen LogP contribution in [-0.2, 0) is 11.8 Å². The van der Waals surface area contributed by atoms with E-state index in [2.05, 4.69) is 10.2 Å². The maximum absolute atomic E-state index is 13.3. The number of carbonyl (C=O) groups excluding carboxylic acids is 1. The minimum absolute atomic E-state index is 0.200. The molecule has 2 aromatic carbocycles. The number of hydrogen-bond donors (Lipinski definition) is 0. The van der Waals surface area contributed by atoms with Crippen LogP contribution in [0.15, 0.2) is 69.6 Å². The highest BCUT2D eigenvalue weighted by molar-refractivity contribution is 8.15. The van der Waals surface area contributed by atoms with Gasteiger partial charge in [0, 0.05) is 7.05 Å². The molecule has 3 aromatic rings. The Morgan fingerprint density at radius 2 is 1.77 bits per heavy atom. The SMILES string of the molecule is COc1ccc(/C=N\N=C2\SCC(=O)N2c2c(C)n(C)n(-c3ccccc3)c2=O)cc1. The zero-order valence-corrected chi connectivity index (χ0v) is 18.2. The Bertz CT molecular complexity index is 1230. The first-order valence-corrected chi connectivity index (χ1v) is 10.5. The fourth-order valence-corrected chi connectivity index (χ4v) is 4.11. The molecule has 0 atom stereocenters. The molecule has 0 spiro atoms. The molecule has 1 aromatic heterocycles. The standard InChI is InChI=1S/C22H21N5O3S/c1-15-20(21(29)27(25(15)2)17-7-5-4-6-8-17)26-19(28)14-31-22(26)24-23-13-16-9-11-18(30-3)12-10-16/h4-13H,14H2,1-3H3/b23-13-,24-22+. The van der Waals surface area contributed by atoms with Crippen LogP contribution in [0.5, 0.6) is 5.75 Å². The summed E-state index contributed by atoms with van der Waals surface area (Å²) < 4.78 is 8.42. The van der Waals surface area contributed by atoms with Gasteiger partial charge in [-0.05, 0) is 48.9 Å². The van der Waals surface area contributed by atoms with E-state index in [-0.39, 0.29) is 17.2 Å². The molecule has 31 heavy (non-hydrogen) atoms. The summed E-state index contributed by atoms with van der Waals surface area (Å²) in [6, 6.07) is 16.7. The zero-order valence-electron chi connectivity index (χ0n) is 17.3. The number of rotatable bonds is 5. The second-order valence-electron chi connectivity index (χ2n) is 6.83. The van der Waals surface area contributed by atoms with E-state index in [1.807, 2.05) is 61.5 Å². The van der Waals surface area contributed by atoms with Gasteiger partial charge in [-0.2, -0.15) is 5.10 Å². The number of aromatic nitrogens is 2. The number of nitrogens with zero attached hydrogens (tertiary/aromatic N) is 5. The van der Waals surface area contributed by atoms with Crippen molar-refractivity contribution in [3.63, 3.8) is 0 Å². The number of ether oxygens (including phenoxy) is 1. The summed E-state index contributed by atoms with van der Waals surface area (Å²) in [5.41, 5.74) is 2.23. The Labute approximate surface area is 183 Å². The second kappa shape index (κ2) is 8.65. The summed E-state index contributed by atoms with van der Waals surface area (Å²) >= 11 is 1.26. The van der Waals surface area contributed by atoms with Crippen LogP contribution in [-0.4, -0.2) is 39.5 Å². The van der Waals surface area contributed by atoms with Crippen LogP contribution < -0.4 is 15.2 Å². The van der Waals surface area contributed by atoms with Gasteiger partial charge < -0.3 is 4.74 Å². The average Bonchev–Trinajstić information content (AvgIpc) is 3.25. The Hall–Kier alpha value is -3.59. The molecule has 0 saturated carbocycles. The van der Waals surface area contributed by atoms with Crippen molar-refractivity contribution >= 4 is 34.7 Å². The van der Waals surface area contributed by atoms with Gasteiger partial charge in [0.1, 0.15) is 11.4 Å². The molecule has 4 rings (SSSR count). The third-order valence-electron chi connectivity index (χ3n) is 4.98. The Morgan fingerprint density at radius 1 is 1.06 bits per heavy atom. The lowest BCUT2D eigenvalue weighted by atomic mass is 10.2. The van der Waals surface area contributed by atoms with Crippen molar-refractivity contribution in [2.75, 3.05) is 17.8 Å². The van der Waals surface area contributed by atoms with Crippen LogP contribution in [0.1, 0.15) is 11.3 Å². The van der Waals surface area contributed by atoms with Gasteiger partial charge in [0.2, 0.25) is 5.91 Å². The maximum atomic E-state index is 13.3. The maximum Gasteiger partial charge on any atom is 0.296 e. The zero-order chi connectivity index (χ0) is 22.0. The van der Waals surface area contributed by atoms with Gasteiger partial charge in [0.15, 0.2) is 5.17 Å². The summed E-state index contributed by atoms with van der Waals surface area (Å²) in [4.78, 5) is 27.3. The third-order valence-corrected chi connectivity index (χ3v) is 5.89. The highest BCUT2D eigenvalue weighted by Gasteiger charge is 2.35. The average molecular weight is 436 g/mol. The predicted octanol–water partition coefficient (Wildman–Crippen LogP) is 2.96. The molecule has 1 amide bonds. The lowest BCUT2D eigenvalue weighted by Gasteiger charge is -2.13. The molecular weight excluding hydrogens is 414 g/mol. The molecule has 0 unspecified atom stereocenters. The van der Waals surface area contributed by atoms with E-state index in [0.717, 1.165) is 17.0 Å². The van der Waals surface area contributed by atoms with E-state index in [4.69, 9.17) is 4.74 Å². The molecule has 1 fully saturated rings. The minimum atomic E-state index is -0.283. The molecule has 1 aliphatic heterocycles. The van der Waals surface area contributed by atoms with Crippen LogP contribution in [0, 0.1) is 6.92 Å². The van der Waals surface area contributed by atoms with E-state index in [0.29, 0.717) is 16.5 Å². The smallest absolute Gasteiger partial charge is 0.296 e. The fraction of sp³-hybridized carbons (Fsp3) is 0.182. The topological polar surface area (TPSA) is 81.2 Å². The van der Waals surface area contributed by atoms with E-state index in [1.165, 1.54) is 16.7 Å². The number of para-hydroxylation sites is 1. The summed E-state index contributed by atoms with van der Waals surface area (Å²) in [6.45, 7) is 1.81. The number of carbonyl (C=O) groups is 1. The number of thioether (sulfide) groups is 1. The lowest BCUT2D eigenvalue weighted by Crippen LogP contribution is -2.34. The summed E-state index contributed by atoms with van der Waals surface area (Å²) in [5, 5.41) is 8.73. The highest BCUT2D eigenvalue weighted by atomic mass is 32.2. The van der Waals surface area contributed by atoms with Gasteiger partial charge in [-0.3, -0.25) is 14.3 Å². The molecule has 1 aliphatic rings. The van der Waals surface area contributed by atoms with Crippen LogP contribution in [0.4, 0.5) is 5.69 Å². The molecule has 0 bridgehead atoms. The fourth-order valence-electron chi connectivity index (χ4n) is 3.30. The second-order valence-corrected chi connectivity index (χ2v) is 7.77. The van der Waals surface area contributed by atoms with Crippen molar-refractivity contribution in [2.24, 2.45) is 17.3 Å². The minimum Gasteiger partial charge on any atom is -0.497 e. The van der Waals surface area contributed by atoms with Gasteiger partial charge in [0.25, 0.3) is 5.56 Å². The van der Waals surface area contributed by atoms with Crippen molar-refractivity contribution in [1.29, 1.82) is 0 Å². The van der Waals surface area contributed by atoms with Gasteiger partial charge in [0.05, 0.1) is 30.5 Å². The van der Waals surface area contributed by atoms with E-state index >= 15 is 0 Å². The first kappa shape index (κ1) is 20.7. The molecule has 158 valence electrons. The summed E-state index contributed by atoms with van der Waals surface area (Å²) in [5.74, 6) is 0.756. The van der Waals surface area contributed by atoms with Gasteiger partial charge in [-0.1, -0.05) is 30.0 Å². The molecule has 0 N–H and O–H groups in total. The van der Waals surface area contributed by atoms with Crippen LogP contribution in [0.3, 0.4) is 0 Å². The number of anilines is 1. The van der Waals surface area contributed by atoms with Crippen LogP contribution >= 0.6 is 11.8 Å². The lowest BCUT2D eigenvalue weighted by molar-refractivity contribution is -0.115. The quantitative estimate of drug-likeness (QED) is 0.456. The number of amidine groups is 1. The van der Waals surface area contributed by atoms with E-state index < -0.39 is 0 Å². The van der Waals surface area contributed by atoms with Gasteiger partial charge in [-0.25, -0.2) is 9.58 Å². The largest absolute Gasteiger partial charge is 0.497 e. The molecule has 0 aliphatic carbocycles. The summed E-state index contributed by atoms with van der Waals surface area (Å²) in [6.07, 6.45) is 1.59. The van der Waals surface area contributed by atoms with Crippen LogP contribution in [0.2, 0.25) is 0 Å². The van der Waals surface area contributed by atoms with Gasteiger partial charge in [-0.15, -0.1) is 5.10 Å². The van der Waals surface area contributed by atoms with Crippen molar-refractivity contribution in [3.8, 4) is 11.4 Å². The molecule has 1 saturated heterocycles. The van der Waals surface area contributed by atoms with Crippen molar-refractivity contribution in [1.82, 2.24) is 9.36 Å². The van der Waals surface area contributed by atoms with Crippen molar-refractivity contribution in [3.05, 3.63) is 76.2 Å². The first-order chi connectivity index (χ1) is 15.0. The van der Waals surface area contributed by atoms with Crippen LogP contribution in [0.25, 0.3) is 5.69 Å². The number of amides is 1. The Morgan fingerprint density at radius 3 is 2.45 bits per heavy atom. The number of hydrogen-bond acceptors (Lipinski definition) is 6. The molecule has 8 nitrogen and oxygen atoms in total.